The molecule has 5 rings (SSSR count). The predicted molar refractivity (Wildman–Crippen MR) is 108 cm³/mol. The minimum absolute atomic E-state index is 0.223. The van der Waals surface area contributed by atoms with Crippen LogP contribution in [0.25, 0.3) is 22.3 Å². The molecule has 1 aliphatic rings. The van der Waals surface area contributed by atoms with Crippen LogP contribution in [0.15, 0.2) is 60.9 Å². The second-order valence-corrected chi connectivity index (χ2v) is 7.08. The SMILES string of the molecule is Nc1ncnc2c1c(-c1ccc(Oc3ccccc3)cc1)nn2C1CC(N)C1. The molecule has 4 aromatic rings. The van der Waals surface area contributed by atoms with Gasteiger partial charge in [0.2, 0.25) is 0 Å². The molecule has 0 radical (unpaired) electrons. The normalized spacial score (nSPS) is 18.8. The number of anilines is 1. The third-order valence-corrected chi connectivity index (χ3v) is 5.12. The van der Waals surface area contributed by atoms with Crippen molar-refractivity contribution in [1.29, 1.82) is 0 Å². The summed E-state index contributed by atoms with van der Waals surface area (Å²) in [7, 11) is 0. The van der Waals surface area contributed by atoms with Crippen molar-refractivity contribution in [3.63, 3.8) is 0 Å². The first-order valence-corrected chi connectivity index (χ1v) is 9.26. The number of benzene rings is 2. The van der Waals surface area contributed by atoms with Gasteiger partial charge in [-0.25, -0.2) is 14.6 Å². The molecule has 7 heteroatoms. The van der Waals surface area contributed by atoms with Gasteiger partial charge >= 0.3 is 0 Å². The van der Waals surface area contributed by atoms with Gasteiger partial charge in [0.25, 0.3) is 0 Å². The molecule has 1 saturated carbocycles. The number of rotatable bonds is 4. The van der Waals surface area contributed by atoms with Crippen LogP contribution in [0.2, 0.25) is 0 Å². The number of para-hydroxylation sites is 1. The Morgan fingerprint density at radius 3 is 2.36 bits per heavy atom. The summed E-state index contributed by atoms with van der Waals surface area (Å²) in [5.74, 6) is 1.98. The topological polar surface area (TPSA) is 105 Å². The molecule has 0 bridgehead atoms. The van der Waals surface area contributed by atoms with Crippen molar-refractivity contribution in [3.8, 4) is 22.8 Å². The molecule has 0 spiro atoms. The fourth-order valence-corrected chi connectivity index (χ4v) is 3.59. The van der Waals surface area contributed by atoms with E-state index >= 15 is 0 Å². The van der Waals surface area contributed by atoms with Crippen molar-refractivity contribution >= 4 is 16.9 Å². The Balaban J connectivity index is 1.52. The Morgan fingerprint density at radius 1 is 0.929 bits per heavy atom. The highest BCUT2D eigenvalue weighted by molar-refractivity contribution is 5.98. The molecule has 0 unspecified atom stereocenters. The molecule has 0 aliphatic heterocycles. The molecule has 28 heavy (non-hydrogen) atoms. The number of nitrogens with two attached hydrogens (primary N) is 2. The summed E-state index contributed by atoms with van der Waals surface area (Å²) in [6.45, 7) is 0. The van der Waals surface area contributed by atoms with Gasteiger partial charge in [-0.05, 0) is 49.2 Å². The Hall–Kier alpha value is -3.45. The second kappa shape index (κ2) is 6.61. The molecule has 1 aliphatic carbocycles. The smallest absolute Gasteiger partial charge is 0.164 e. The van der Waals surface area contributed by atoms with Crippen LogP contribution >= 0.6 is 0 Å². The van der Waals surface area contributed by atoms with Gasteiger partial charge in [0.1, 0.15) is 29.3 Å². The minimum Gasteiger partial charge on any atom is -0.457 e. The summed E-state index contributed by atoms with van der Waals surface area (Å²) in [5, 5.41) is 5.61. The molecule has 4 N–H and O–H groups in total. The average Bonchev–Trinajstić information content (AvgIpc) is 3.07. The number of hydrogen-bond acceptors (Lipinski definition) is 6. The molecule has 0 amide bonds. The van der Waals surface area contributed by atoms with Gasteiger partial charge in [0.05, 0.1) is 11.4 Å². The molecule has 0 saturated heterocycles. The Bertz CT molecular complexity index is 1120. The van der Waals surface area contributed by atoms with E-state index in [1.807, 2.05) is 59.3 Å². The quantitative estimate of drug-likeness (QED) is 0.568. The molecular weight excluding hydrogens is 352 g/mol. The standard InChI is InChI=1S/C21H20N6O/c22-14-10-15(11-14)27-21-18(20(23)24-12-25-21)19(26-27)13-6-8-17(9-7-13)28-16-4-2-1-3-5-16/h1-9,12,14-15H,10-11,22H2,(H2,23,24,25). The zero-order valence-electron chi connectivity index (χ0n) is 15.2. The van der Waals surface area contributed by atoms with E-state index in [1.54, 1.807) is 0 Å². The zero-order chi connectivity index (χ0) is 19.1. The molecule has 0 atom stereocenters. The van der Waals surface area contributed by atoms with Crippen LogP contribution in [0.1, 0.15) is 18.9 Å². The number of hydrogen-bond donors (Lipinski definition) is 2. The van der Waals surface area contributed by atoms with Crippen LogP contribution in [0.3, 0.4) is 0 Å². The van der Waals surface area contributed by atoms with Crippen molar-refractivity contribution in [2.75, 3.05) is 5.73 Å². The highest BCUT2D eigenvalue weighted by atomic mass is 16.5. The fourth-order valence-electron chi connectivity index (χ4n) is 3.59. The highest BCUT2D eigenvalue weighted by Gasteiger charge is 2.31. The van der Waals surface area contributed by atoms with Gasteiger partial charge in [-0.1, -0.05) is 18.2 Å². The van der Waals surface area contributed by atoms with Crippen molar-refractivity contribution < 1.29 is 4.74 Å². The number of aromatic nitrogens is 4. The molecule has 140 valence electrons. The first-order valence-electron chi connectivity index (χ1n) is 9.26. The lowest BCUT2D eigenvalue weighted by atomic mass is 9.88. The molecular formula is C21H20N6O. The lowest BCUT2D eigenvalue weighted by Gasteiger charge is -2.32. The number of fused-ring (bicyclic) bond motifs is 1. The first kappa shape index (κ1) is 16.7. The maximum Gasteiger partial charge on any atom is 0.164 e. The van der Waals surface area contributed by atoms with Gasteiger partial charge in [0.15, 0.2) is 5.65 Å². The van der Waals surface area contributed by atoms with E-state index in [4.69, 9.17) is 21.3 Å². The van der Waals surface area contributed by atoms with E-state index in [1.165, 1.54) is 6.33 Å². The van der Waals surface area contributed by atoms with Gasteiger partial charge in [-0.3, -0.25) is 0 Å². The summed E-state index contributed by atoms with van der Waals surface area (Å²) in [4.78, 5) is 8.60. The van der Waals surface area contributed by atoms with Crippen LogP contribution in [0.5, 0.6) is 11.5 Å². The van der Waals surface area contributed by atoms with Crippen LogP contribution in [0, 0.1) is 0 Å². The third-order valence-electron chi connectivity index (χ3n) is 5.12. The van der Waals surface area contributed by atoms with E-state index in [0.717, 1.165) is 46.6 Å². The summed E-state index contributed by atoms with van der Waals surface area (Å²) in [6.07, 6.45) is 3.27. The average molecular weight is 372 g/mol. The highest BCUT2D eigenvalue weighted by Crippen LogP contribution is 2.37. The monoisotopic (exact) mass is 372 g/mol. The van der Waals surface area contributed by atoms with E-state index < -0.39 is 0 Å². The van der Waals surface area contributed by atoms with E-state index in [9.17, 15) is 0 Å². The third kappa shape index (κ3) is 2.86. The van der Waals surface area contributed by atoms with Crippen LogP contribution in [0.4, 0.5) is 5.82 Å². The summed E-state index contributed by atoms with van der Waals surface area (Å²) in [6, 6.07) is 18.0. The fraction of sp³-hybridized carbons (Fsp3) is 0.190. The Morgan fingerprint density at radius 2 is 1.64 bits per heavy atom. The number of nitrogens with zero attached hydrogens (tertiary/aromatic N) is 4. The maximum absolute atomic E-state index is 6.17. The zero-order valence-corrected chi connectivity index (χ0v) is 15.2. The van der Waals surface area contributed by atoms with Gasteiger partial charge in [-0.15, -0.1) is 0 Å². The lowest BCUT2D eigenvalue weighted by molar-refractivity contribution is 0.253. The molecule has 2 aromatic carbocycles. The van der Waals surface area contributed by atoms with Gasteiger partial charge in [-0.2, -0.15) is 5.10 Å². The summed E-state index contributed by atoms with van der Waals surface area (Å²) < 4.78 is 7.82. The number of ether oxygens (including phenoxy) is 1. The molecule has 2 aromatic heterocycles. The van der Waals surface area contributed by atoms with E-state index in [-0.39, 0.29) is 12.1 Å². The van der Waals surface area contributed by atoms with Crippen LogP contribution in [-0.2, 0) is 0 Å². The Kier molecular flexibility index (Phi) is 3.95. The summed E-state index contributed by atoms with van der Waals surface area (Å²) in [5.41, 5.74) is 14.6. The van der Waals surface area contributed by atoms with Crippen LogP contribution < -0.4 is 16.2 Å². The predicted octanol–water partition coefficient (Wildman–Crippen LogP) is 3.53. The maximum atomic E-state index is 6.17. The first-order chi connectivity index (χ1) is 13.7. The second-order valence-electron chi connectivity index (χ2n) is 7.08. The Labute approximate surface area is 162 Å². The van der Waals surface area contributed by atoms with Gasteiger partial charge < -0.3 is 16.2 Å². The van der Waals surface area contributed by atoms with Crippen LogP contribution in [-0.4, -0.2) is 25.8 Å². The van der Waals surface area contributed by atoms with Crippen molar-refractivity contribution in [1.82, 2.24) is 19.7 Å². The van der Waals surface area contributed by atoms with Crippen molar-refractivity contribution in [2.24, 2.45) is 5.73 Å². The number of nitrogen functional groups attached to an aromatic ring is 1. The largest absolute Gasteiger partial charge is 0.457 e. The van der Waals surface area contributed by atoms with Gasteiger partial charge in [0, 0.05) is 11.6 Å². The molecule has 2 heterocycles. The van der Waals surface area contributed by atoms with E-state index in [2.05, 4.69) is 9.97 Å². The molecule has 7 nitrogen and oxygen atoms in total. The van der Waals surface area contributed by atoms with E-state index in [0.29, 0.717) is 5.82 Å². The van der Waals surface area contributed by atoms with Crippen molar-refractivity contribution in [3.05, 3.63) is 60.9 Å². The summed E-state index contributed by atoms with van der Waals surface area (Å²) >= 11 is 0. The molecule has 1 fully saturated rings. The van der Waals surface area contributed by atoms with Crippen molar-refractivity contribution in [2.45, 2.75) is 24.9 Å². The minimum atomic E-state index is 0.223. The lowest BCUT2D eigenvalue weighted by Crippen LogP contribution is -2.38.